The van der Waals surface area contributed by atoms with Crippen LogP contribution in [0.25, 0.3) is 0 Å². The Balaban J connectivity index is 1.43. The highest BCUT2D eigenvalue weighted by atomic mass is 32.2. The topological polar surface area (TPSA) is 36.9 Å². The van der Waals surface area contributed by atoms with Gasteiger partial charge in [0.05, 0.1) is 31.7 Å². The summed E-state index contributed by atoms with van der Waals surface area (Å²) >= 11 is 1.74. The molecule has 1 fully saturated rings. The summed E-state index contributed by atoms with van der Waals surface area (Å²) in [6.07, 6.45) is -0.334. The molecule has 1 unspecified atom stereocenters. The van der Waals surface area contributed by atoms with E-state index in [-0.39, 0.29) is 22.9 Å². The van der Waals surface area contributed by atoms with Crippen LogP contribution in [-0.4, -0.2) is 36.6 Å². The summed E-state index contributed by atoms with van der Waals surface area (Å²) in [7, 11) is 1.74. The number of methoxy groups -OCH3 is 1. The van der Waals surface area contributed by atoms with Gasteiger partial charge in [-0.2, -0.15) is 0 Å². The van der Waals surface area contributed by atoms with Crippen molar-refractivity contribution in [1.82, 2.24) is 0 Å². The molecule has 3 aromatic carbocycles. The first-order chi connectivity index (χ1) is 17.0. The molecule has 4 rings (SSSR count). The zero-order chi connectivity index (χ0) is 24.6. The molecule has 0 radical (unpaired) electrons. The van der Waals surface area contributed by atoms with Crippen LogP contribution < -0.4 is 0 Å². The van der Waals surface area contributed by atoms with Crippen molar-refractivity contribution in [3.8, 4) is 0 Å². The number of hydrogen-bond donors (Lipinski definition) is 0. The molecule has 3 aromatic rings. The number of aryl methyl sites for hydroxylation is 3. The second-order valence-corrected chi connectivity index (χ2v) is 10.6. The third-order valence-electron chi connectivity index (χ3n) is 6.30. The van der Waals surface area contributed by atoms with E-state index in [9.17, 15) is 0 Å². The summed E-state index contributed by atoms with van der Waals surface area (Å²) in [6.45, 7) is 8.48. The monoisotopic (exact) mass is 492 g/mol. The first-order valence-corrected chi connectivity index (χ1v) is 13.1. The smallest absolute Gasteiger partial charge is 0.132 e. The Morgan fingerprint density at radius 3 is 1.49 bits per heavy atom. The first kappa shape index (κ1) is 25.9. The molecule has 0 saturated carbocycles. The van der Waals surface area contributed by atoms with Gasteiger partial charge in [-0.25, -0.2) is 0 Å². The standard InChI is InChI=1S/C30H36O4S/c1-21-5-11-24(12-6-21)17-32-20-27-28(33-18-25-13-7-22(2)8-14-25)29(30(31-4)35-27)34-19-26-15-9-23(3)10-16-26/h5-16,27-30H,17-20H2,1-4H3/t27-,28-,29+,30?/m1/s1. The first-order valence-electron chi connectivity index (χ1n) is 12.2. The van der Waals surface area contributed by atoms with Gasteiger partial charge in [0.1, 0.15) is 17.6 Å². The molecule has 0 N–H and O–H groups in total. The van der Waals surface area contributed by atoms with Crippen LogP contribution in [0.2, 0.25) is 0 Å². The Morgan fingerprint density at radius 2 is 1.03 bits per heavy atom. The van der Waals surface area contributed by atoms with Crippen molar-refractivity contribution in [2.45, 2.75) is 63.5 Å². The van der Waals surface area contributed by atoms with E-state index in [0.717, 1.165) is 11.1 Å². The highest BCUT2D eigenvalue weighted by Crippen LogP contribution is 2.39. The van der Waals surface area contributed by atoms with E-state index in [4.69, 9.17) is 18.9 Å². The lowest BCUT2D eigenvalue weighted by molar-refractivity contribution is -0.113. The molecule has 1 aliphatic heterocycles. The molecule has 0 spiro atoms. The van der Waals surface area contributed by atoms with Crippen LogP contribution in [0.1, 0.15) is 33.4 Å². The van der Waals surface area contributed by atoms with Gasteiger partial charge >= 0.3 is 0 Å². The Hall–Kier alpha value is -2.15. The summed E-state index contributed by atoms with van der Waals surface area (Å²) in [5, 5.41) is 0.110. The van der Waals surface area contributed by atoms with Crippen LogP contribution >= 0.6 is 11.8 Å². The minimum Gasteiger partial charge on any atom is -0.376 e. The maximum atomic E-state index is 6.51. The van der Waals surface area contributed by atoms with Gasteiger partial charge in [0, 0.05) is 7.11 Å². The Morgan fingerprint density at radius 1 is 0.600 bits per heavy atom. The Kier molecular flexibility index (Phi) is 9.41. The third kappa shape index (κ3) is 7.42. The third-order valence-corrected chi connectivity index (χ3v) is 7.78. The fraction of sp³-hybridized carbons (Fsp3) is 0.400. The van der Waals surface area contributed by atoms with Gasteiger partial charge in [-0.1, -0.05) is 89.5 Å². The van der Waals surface area contributed by atoms with E-state index < -0.39 is 0 Å². The average molecular weight is 493 g/mol. The molecule has 5 heteroatoms. The molecular weight excluding hydrogens is 456 g/mol. The SMILES string of the molecule is COC1S[C@H](COCc2ccc(C)cc2)[C@@H](OCc2ccc(C)cc2)[C@@H]1OCc1ccc(C)cc1. The van der Waals surface area contributed by atoms with Gasteiger partial charge in [-0.15, -0.1) is 11.8 Å². The van der Waals surface area contributed by atoms with E-state index >= 15 is 0 Å². The van der Waals surface area contributed by atoms with Crippen molar-refractivity contribution in [1.29, 1.82) is 0 Å². The number of benzene rings is 3. The van der Waals surface area contributed by atoms with Crippen LogP contribution in [0.5, 0.6) is 0 Å². The predicted molar refractivity (Wildman–Crippen MR) is 143 cm³/mol. The number of hydrogen-bond acceptors (Lipinski definition) is 5. The number of thioether (sulfide) groups is 1. The quantitative estimate of drug-likeness (QED) is 0.310. The maximum absolute atomic E-state index is 6.51. The fourth-order valence-electron chi connectivity index (χ4n) is 4.12. The Labute approximate surface area is 213 Å². The zero-order valence-corrected chi connectivity index (χ0v) is 21.9. The summed E-state index contributed by atoms with van der Waals surface area (Å²) in [6, 6.07) is 25.4. The van der Waals surface area contributed by atoms with Gasteiger partial charge in [0.15, 0.2) is 0 Å². The van der Waals surface area contributed by atoms with Crippen molar-refractivity contribution >= 4 is 11.8 Å². The lowest BCUT2D eigenvalue weighted by atomic mass is 10.1. The van der Waals surface area contributed by atoms with Crippen molar-refractivity contribution < 1.29 is 18.9 Å². The second-order valence-electron chi connectivity index (χ2n) is 9.30. The lowest BCUT2D eigenvalue weighted by Gasteiger charge is -2.26. The van der Waals surface area contributed by atoms with Crippen molar-refractivity contribution in [3.63, 3.8) is 0 Å². The molecule has 0 bridgehead atoms. The lowest BCUT2D eigenvalue weighted by Crippen LogP contribution is -2.39. The molecule has 4 nitrogen and oxygen atoms in total. The molecule has 186 valence electrons. The van der Waals surface area contributed by atoms with Crippen LogP contribution in [0.4, 0.5) is 0 Å². The van der Waals surface area contributed by atoms with Crippen LogP contribution in [-0.2, 0) is 38.8 Å². The molecule has 0 aromatic heterocycles. The summed E-state index contributed by atoms with van der Waals surface area (Å²) in [5.41, 5.74) is 7.09. The van der Waals surface area contributed by atoms with E-state index in [2.05, 4.69) is 93.6 Å². The summed E-state index contributed by atoms with van der Waals surface area (Å²) < 4.78 is 24.9. The molecular formula is C30H36O4S. The molecule has 1 aliphatic rings. The predicted octanol–water partition coefficient (Wildman–Crippen LogP) is 6.39. The van der Waals surface area contributed by atoms with Crippen molar-refractivity contribution in [2.75, 3.05) is 13.7 Å². The zero-order valence-electron chi connectivity index (χ0n) is 21.1. The molecule has 4 atom stereocenters. The average Bonchev–Trinajstić information content (AvgIpc) is 3.21. The minimum absolute atomic E-state index is 0.110. The van der Waals surface area contributed by atoms with Crippen molar-refractivity contribution in [3.05, 3.63) is 106 Å². The normalized spacial score (nSPS) is 21.9. The van der Waals surface area contributed by atoms with E-state index in [0.29, 0.717) is 26.4 Å². The maximum Gasteiger partial charge on any atom is 0.132 e. The van der Waals surface area contributed by atoms with Crippen LogP contribution in [0.3, 0.4) is 0 Å². The Bertz CT molecular complexity index is 1030. The fourth-order valence-corrected chi connectivity index (χ4v) is 5.53. The van der Waals surface area contributed by atoms with Gasteiger partial charge in [0.2, 0.25) is 0 Å². The molecule has 35 heavy (non-hydrogen) atoms. The molecule has 1 saturated heterocycles. The highest BCUT2D eigenvalue weighted by Gasteiger charge is 2.46. The highest BCUT2D eigenvalue weighted by molar-refractivity contribution is 8.00. The molecule has 1 heterocycles. The van der Waals surface area contributed by atoms with Crippen LogP contribution in [0.15, 0.2) is 72.8 Å². The summed E-state index contributed by atoms with van der Waals surface area (Å²) in [5.74, 6) is 0. The van der Waals surface area contributed by atoms with E-state index in [1.54, 1.807) is 18.9 Å². The van der Waals surface area contributed by atoms with Crippen LogP contribution in [0, 0.1) is 20.8 Å². The van der Waals surface area contributed by atoms with Gasteiger partial charge in [-0.3, -0.25) is 0 Å². The van der Waals surface area contributed by atoms with E-state index in [1.807, 2.05) is 0 Å². The van der Waals surface area contributed by atoms with E-state index in [1.165, 1.54) is 22.3 Å². The van der Waals surface area contributed by atoms with Gasteiger partial charge in [0.25, 0.3) is 0 Å². The van der Waals surface area contributed by atoms with Gasteiger partial charge in [-0.05, 0) is 37.5 Å². The second kappa shape index (κ2) is 12.7. The van der Waals surface area contributed by atoms with Crippen molar-refractivity contribution in [2.24, 2.45) is 0 Å². The van der Waals surface area contributed by atoms with Gasteiger partial charge < -0.3 is 18.9 Å². The minimum atomic E-state index is -0.190. The summed E-state index contributed by atoms with van der Waals surface area (Å²) in [4.78, 5) is 0. The number of rotatable bonds is 11. The largest absolute Gasteiger partial charge is 0.376 e. The molecule has 0 aliphatic carbocycles. The number of ether oxygens (including phenoxy) is 4. The molecule has 0 amide bonds.